The molecule has 0 unspecified atom stereocenters. The first-order valence-corrected chi connectivity index (χ1v) is 8.73. The summed E-state index contributed by atoms with van der Waals surface area (Å²) in [5, 5.41) is 1.77. The van der Waals surface area contributed by atoms with E-state index in [2.05, 4.69) is 21.8 Å². The number of carbonyl (C=O) groups excluding carboxylic acids is 1. The molecule has 0 spiro atoms. The zero-order chi connectivity index (χ0) is 16.0. The van der Waals surface area contributed by atoms with Gasteiger partial charge in [0, 0.05) is 47.8 Å². The number of likely N-dealkylation sites (tertiary alicyclic amines) is 2. The fourth-order valence-electron chi connectivity index (χ4n) is 4.26. The van der Waals surface area contributed by atoms with Crippen LogP contribution < -0.4 is 0 Å². The highest BCUT2D eigenvalue weighted by molar-refractivity contribution is 6.31. The van der Waals surface area contributed by atoms with Crippen LogP contribution in [-0.2, 0) is 11.2 Å². The van der Waals surface area contributed by atoms with Crippen molar-refractivity contribution in [2.24, 2.45) is 5.92 Å². The van der Waals surface area contributed by atoms with E-state index in [0.717, 1.165) is 42.5 Å². The zero-order valence-electron chi connectivity index (χ0n) is 13.4. The molecule has 23 heavy (non-hydrogen) atoms. The Balaban J connectivity index is 1.56. The van der Waals surface area contributed by atoms with E-state index in [9.17, 15) is 4.79 Å². The number of halogens is 1. The van der Waals surface area contributed by atoms with Crippen molar-refractivity contribution in [2.75, 3.05) is 26.7 Å². The number of piperidine rings is 1. The molecule has 0 radical (unpaired) electrons. The second-order valence-electron chi connectivity index (χ2n) is 6.96. The Morgan fingerprint density at radius 3 is 3.13 bits per heavy atom. The van der Waals surface area contributed by atoms with Gasteiger partial charge in [-0.1, -0.05) is 11.6 Å². The maximum Gasteiger partial charge on any atom is 0.227 e. The quantitative estimate of drug-likeness (QED) is 0.919. The number of benzene rings is 1. The standard InChI is InChI=1S/C18H22ClN3O/c1-21-10-12-3-2-6-22(17(12)11-21)18(23)7-13-9-20-16-5-4-14(19)8-15(13)16/h4-5,8-9,12,17,20H,2-3,6-7,10-11H2,1H3/t12-,17+/m0/s1. The summed E-state index contributed by atoms with van der Waals surface area (Å²) < 4.78 is 0. The number of H-pyrrole nitrogens is 1. The van der Waals surface area contributed by atoms with Crippen molar-refractivity contribution in [1.82, 2.24) is 14.8 Å². The maximum atomic E-state index is 12.9. The minimum absolute atomic E-state index is 0.246. The Morgan fingerprint density at radius 2 is 2.26 bits per heavy atom. The molecule has 5 heteroatoms. The normalized spacial score (nSPS) is 25.0. The number of carbonyl (C=O) groups is 1. The number of aromatic amines is 1. The van der Waals surface area contributed by atoms with E-state index in [-0.39, 0.29) is 5.91 Å². The van der Waals surface area contributed by atoms with Crippen molar-refractivity contribution >= 4 is 28.4 Å². The maximum absolute atomic E-state index is 12.9. The zero-order valence-corrected chi connectivity index (χ0v) is 14.1. The summed E-state index contributed by atoms with van der Waals surface area (Å²) >= 11 is 6.11. The van der Waals surface area contributed by atoms with Crippen LogP contribution in [0.15, 0.2) is 24.4 Å². The van der Waals surface area contributed by atoms with Crippen LogP contribution in [0.5, 0.6) is 0 Å². The second-order valence-corrected chi connectivity index (χ2v) is 7.40. The van der Waals surface area contributed by atoms with Gasteiger partial charge >= 0.3 is 0 Å². The van der Waals surface area contributed by atoms with Gasteiger partial charge < -0.3 is 14.8 Å². The number of aromatic nitrogens is 1. The highest BCUT2D eigenvalue weighted by atomic mass is 35.5. The molecule has 2 saturated heterocycles. The molecule has 3 heterocycles. The molecule has 2 aliphatic heterocycles. The lowest BCUT2D eigenvalue weighted by Gasteiger charge is -2.37. The van der Waals surface area contributed by atoms with E-state index in [4.69, 9.17) is 11.6 Å². The number of rotatable bonds is 2. The SMILES string of the molecule is CN1C[C@@H]2CCCN(C(=O)Cc3c[nH]c4ccc(Cl)cc34)[C@@H]2C1. The summed E-state index contributed by atoms with van der Waals surface area (Å²) in [6, 6.07) is 6.18. The van der Waals surface area contributed by atoms with Crippen LogP contribution >= 0.6 is 11.6 Å². The molecule has 2 atom stereocenters. The highest BCUT2D eigenvalue weighted by Gasteiger charge is 2.39. The van der Waals surface area contributed by atoms with E-state index in [0.29, 0.717) is 23.4 Å². The molecule has 0 aliphatic carbocycles. The third-order valence-corrected chi connectivity index (χ3v) is 5.59. The monoisotopic (exact) mass is 331 g/mol. The number of fused-ring (bicyclic) bond motifs is 2. The predicted molar refractivity (Wildman–Crippen MR) is 92.7 cm³/mol. The van der Waals surface area contributed by atoms with Crippen molar-refractivity contribution in [1.29, 1.82) is 0 Å². The molecule has 1 aromatic carbocycles. The van der Waals surface area contributed by atoms with Crippen LogP contribution in [0.2, 0.25) is 5.02 Å². The number of nitrogens with zero attached hydrogens (tertiary/aromatic N) is 2. The Hall–Kier alpha value is -1.52. The molecule has 4 nitrogen and oxygen atoms in total. The molecule has 122 valence electrons. The average Bonchev–Trinajstić information content (AvgIpc) is 3.09. The fraction of sp³-hybridized carbons (Fsp3) is 0.500. The molecule has 1 amide bonds. The molecular weight excluding hydrogens is 310 g/mol. The topological polar surface area (TPSA) is 39.3 Å². The summed E-state index contributed by atoms with van der Waals surface area (Å²) in [6.45, 7) is 3.03. The Bertz CT molecular complexity index is 741. The Labute approximate surface area is 141 Å². The van der Waals surface area contributed by atoms with Crippen LogP contribution in [0.3, 0.4) is 0 Å². The largest absolute Gasteiger partial charge is 0.361 e. The van der Waals surface area contributed by atoms with Crippen molar-refractivity contribution in [3.05, 3.63) is 35.0 Å². The summed E-state index contributed by atoms with van der Waals surface area (Å²) in [5.41, 5.74) is 2.08. The van der Waals surface area contributed by atoms with Crippen LogP contribution in [-0.4, -0.2) is 53.4 Å². The lowest BCUT2D eigenvalue weighted by atomic mass is 9.91. The van der Waals surface area contributed by atoms with Crippen LogP contribution in [0.4, 0.5) is 0 Å². The Kier molecular flexibility index (Phi) is 3.82. The summed E-state index contributed by atoms with van der Waals surface area (Å²) in [7, 11) is 2.16. The van der Waals surface area contributed by atoms with Crippen LogP contribution in [0.1, 0.15) is 18.4 Å². The molecule has 0 bridgehead atoms. The minimum Gasteiger partial charge on any atom is -0.361 e. The molecule has 0 saturated carbocycles. The van der Waals surface area contributed by atoms with E-state index in [1.54, 1.807) is 0 Å². The van der Waals surface area contributed by atoms with Crippen LogP contribution in [0.25, 0.3) is 10.9 Å². The van der Waals surface area contributed by atoms with Gasteiger partial charge in [-0.15, -0.1) is 0 Å². The third-order valence-electron chi connectivity index (χ3n) is 5.35. The second kappa shape index (κ2) is 5.84. The number of amides is 1. The van der Waals surface area contributed by atoms with E-state index in [1.807, 2.05) is 24.4 Å². The van der Waals surface area contributed by atoms with E-state index < -0.39 is 0 Å². The van der Waals surface area contributed by atoms with Gasteiger partial charge in [0.2, 0.25) is 5.91 Å². The smallest absolute Gasteiger partial charge is 0.227 e. The molecule has 2 aliphatic rings. The number of hydrogen-bond donors (Lipinski definition) is 1. The highest BCUT2D eigenvalue weighted by Crippen LogP contribution is 2.31. The van der Waals surface area contributed by atoms with Crippen molar-refractivity contribution in [2.45, 2.75) is 25.3 Å². The van der Waals surface area contributed by atoms with Gasteiger partial charge in [-0.2, -0.15) is 0 Å². The summed E-state index contributed by atoms with van der Waals surface area (Å²) in [5.74, 6) is 0.894. The molecule has 1 N–H and O–H groups in total. The first-order valence-electron chi connectivity index (χ1n) is 8.35. The number of hydrogen-bond acceptors (Lipinski definition) is 2. The van der Waals surface area contributed by atoms with Crippen molar-refractivity contribution in [3.63, 3.8) is 0 Å². The summed E-state index contributed by atoms with van der Waals surface area (Å²) in [6.07, 6.45) is 4.77. The molecule has 2 aromatic rings. The molecular formula is C18H22ClN3O. The van der Waals surface area contributed by atoms with Crippen molar-refractivity contribution < 1.29 is 4.79 Å². The van der Waals surface area contributed by atoms with Crippen molar-refractivity contribution in [3.8, 4) is 0 Å². The molecule has 4 rings (SSSR count). The van der Waals surface area contributed by atoms with Gasteiger partial charge in [0.1, 0.15) is 0 Å². The number of nitrogens with one attached hydrogen (secondary N) is 1. The van der Waals surface area contributed by atoms with Gasteiger partial charge in [-0.25, -0.2) is 0 Å². The first-order chi connectivity index (χ1) is 11.1. The Morgan fingerprint density at radius 1 is 1.39 bits per heavy atom. The molecule has 2 fully saturated rings. The molecule has 1 aromatic heterocycles. The minimum atomic E-state index is 0.246. The van der Waals surface area contributed by atoms with Gasteiger partial charge in [-0.05, 0) is 49.6 Å². The van der Waals surface area contributed by atoms with Gasteiger partial charge in [-0.3, -0.25) is 4.79 Å². The summed E-state index contributed by atoms with van der Waals surface area (Å²) in [4.78, 5) is 20.6. The van der Waals surface area contributed by atoms with Gasteiger partial charge in [0.25, 0.3) is 0 Å². The van der Waals surface area contributed by atoms with Gasteiger partial charge in [0.15, 0.2) is 0 Å². The third kappa shape index (κ3) is 2.74. The average molecular weight is 332 g/mol. The van der Waals surface area contributed by atoms with E-state index in [1.165, 1.54) is 6.42 Å². The lowest BCUT2D eigenvalue weighted by molar-refractivity contribution is -0.134. The lowest BCUT2D eigenvalue weighted by Crippen LogP contribution is -2.48. The van der Waals surface area contributed by atoms with Crippen LogP contribution in [0, 0.1) is 5.92 Å². The first kappa shape index (κ1) is 15.0. The fourth-order valence-corrected chi connectivity index (χ4v) is 4.43. The number of likely N-dealkylation sites (N-methyl/N-ethyl adjacent to an activating group) is 1. The van der Waals surface area contributed by atoms with Gasteiger partial charge in [0.05, 0.1) is 6.42 Å². The van der Waals surface area contributed by atoms with E-state index >= 15 is 0 Å². The predicted octanol–water partition coefficient (Wildman–Crippen LogP) is 2.92.